The molecule has 2 aromatic rings. The number of carbonyl (C=O) groups is 2. The van der Waals surface area contributed by atoms with E-state index in [4.69, 9.17) is 5.11 Å². The van der Waals surface area contributed by atoms with E-state index in [-0.39, 0.29) is 16.5 Å². The maximum Gasteiger partial charge on any atom is 0.326 e. The fourth-order valence-corrected chi connectivity index (χ4v) is 2.28. The molecule has 8 heteroatoms. The number of hydrogen-bond donors (Lipinski definition) is 3. The van der Waals surface area contributed by atoms with Gasteiger partial charge in [-0.05, 0) is 28.1 Å². The highest BCUT2D eigenvalue weighted by Crippen LogP contribution is 2.19. The van der Waals surface area contributed by atoms with Crippen molar-refractivity contribution in [1.29, 1.82) is 0 Å². The van der Waals surface area contributed by atoms with Crippen LogP contribution in [0.5, 0.6) is 0 Å². The van der Waals surface area contributed by atoms with Gasteiger partial charge in [-0.2, -0.15) is 0 Å². The van der Waals surface area contributed by atoms with Crippen molar-refractivity contribution in [3.05, 3.63) is 52.3 Å². The van der Waals surface area contributed by atoms with Gasteiger partial charge in [-0.25, -0.2) is 14.2 Å². The number of H-pyrrole nitrogens is 1. The highest BCUT2D eigenvalue weighted by Gasteiger charge is 2.24. The molecule has 1 aromatic heterocycles. The first-order chi connectivity index (χ1) is 9.99. The quantitative estimate of drug-likeness (QED) is 0.761. The molecule has 0 fully saturated rings. The third-order valence-electron chi connectivity index (χ3n) is 2.77. The standard InChI is InChI=1S/C13H11BrFN3O3/c14-8-2-1-3-9(15)11(8)12(19)18-10(13(20)21)4-7-5-16-6-17-7/h1-3,5-6,10H,4H2,(H,16,17)(H,18,19)(H,20,21)/t10-/m1/s1. The smallest absolute Gasteiger partial charge is 0.326 e. The van der Waals surface area contributed by atoms with Gasteiger partial charge in [0.25, 0.3) is 5.91 Å². The zero-order valence-electron chi connectivity index (χ0n) is 10.6. The lowest BCUT2D eigenvalue weighted by atomic mass is 10.1. The molecular formula is C13H11BrFN3O3. The number of carboxylic acids is 1. The Hall–Kier alpha value is -2.22. The van der Waals surface area contributed by atoms with Crippen LogP contribution in [-0.4, -0.2) is 33.0 Å². The van der Waals surface area contributed by atoms with Crippen LogP contribution in [-0.2, 0) is 11.2 Å². The molecule has 0 unspecified atom stereocenters. The van der Waals surface area contributed by atoms with Gasteiger partial charge >= 0.3 is 5.97 Å². The van der Waals surface area contributed by atoms with Gasteiger partial charge in [0.15, 0.2) is 0 Å². The molecule has 0 bridgehead atoms. The van der Waals surface area contributed by atoms with E-state index in [1.165, 1.54) is 24.7 Å². The number of imidazole rings is 1. The molecule has 0 aliphatic carbocycles. The van der Waals surface area contributed by atoms with Crippen LogP contribution in [0.2, 0.25) is 0 Å². The summed E-state index contributed by atoms with van der Waals surface area (Å²) >= 11 is 3.07. The first-order valence-corrected chi connectivity index (χ1v) is 6.73. The number of nitrogens with one attached hydrogen (secondary N) is 2. The number of aromatic nitrogens is 2. The number of halogens is 2. The molecule has 0 spiro atoms. The molecule has 21 heavy (non-hydrogen) atoms. The Bertz CT molecular complexity index is 640. The monoisotopic (exact) mass is 355 g/mol. The summed E-state index contributed by atoms with van der Waals surface area (Å²) in [5.41, 5.74) is 0.323. The van der Waals surface area contributed by atoms with Gasteiger partial charge in [-0.15, -0.1) is 0 Å². The van der Waals surface area contributed by atoms with Crippen molar-refractivity contribution in [1.82, 2.24) is 15.3 Å². The largest absolute Gasteiger partial charge is 0.480 e. The first kappa shape index (κ1) is 15.2. The topological polar surface area (TPSA) is 95.1 Å². The molecule has 110 valence electrons. The van der Waals surface area contributed by atoms with Crippen molar-refractivity contribution in [2.24, 2.45) is 0 Å². The SMILES string of the molecule is O=C(N[C@H](Cc1cnc[nH]1)C(=O)O)c1c(F)cccc1Br. The molecule has 1 heterocycles. The molecule has 0 aliphatic heterocycles. The van der Waals surface area contributed by atoms with Crippen molar-refractivity contribution in [3.8, 4) is 0 Å². The summed E-state index contributed by atoms with van der Waals surface area (Å²) in [6.07, 6.45) is 2.89. The average molecular weight is 356 g/mol. The molecule has 0 radical (unpaired) electrons. The van der Waals surface area contributed by atoms with Gasteiger partial charge in [0.1, 0.15) is 11.9 Å². The van der Waals surface area contributed by atoms with Gasteiger partial charge < -0.3 is 15.4 Å². The summed E-state index contributed by atoms with van der Waals surface area (Å²) < 4.78 is 13.9. The van der Waals surface area contributed by atoms with E-state index in [0.29, 0.717) is 5.69 Å². The van der Waals surface area contributed by atoms with Crippen LogP contribution in [0, 0.1) is 5.82 Å². The molecule has 0 saturated carbocycles. The summed E-state index contributed by atoms with van der Waals surface area (Å²) in [5.74, 6) is -2.75. The number of hydrogen-bond acceptors (Lipinski definition) is 3. The van der Waals surface area contributed by atoms with E-state index >= 15 is 0 Å². The second-order valence-corrected chi connectivity index (χ2v) is 5.10. The minimum atomic E-state index is -1.22. The van der Waals surface area contributed by atoms with Crippen molar-refractivity contribution in [3.63, 3.8) is 0 Å². The lowest BCUT2D eigenvalue weighted by molar-refractivity contribution is -0.139. The van der Waals surface area contributed by atoms with E-state index in [9.17, 15) is 14.0 Å². The summed E-state index contributed by atoms with van der Waals surface area (Å²) in [4.78, 5) is 29.8. The predicted molar refractivity (Wildman–Crippen MR) is 75.3 cm³/mol. The normalized spacial score (nSPS) is 11.9. The van der Waals surface area contributed by atoms with Gasteiger partial charge in [0.05, 0.1) is 11.9 Å². The number of amides is 1. The molecule has 0 saturated heterocycles. The number of nitrogens with zero attached hydrogens (tertiary/aromatic N) is 1. The number of aromatic amines is 1. The zero-order chi connectivity index (χ0) is 15.4. The fraction of sp³-hybridized carbons (Fsp3) is 0.154. The van der Waals surface area contributed by atoms with Crippen molar-refractivity contribution >= 4 is 27.8 Å². The Labute approximate surface area is 127 Å². The van der Waals surface area contributed by atoms with E-state index in [1.54, 1.807) is 0 Å². The Morgan fingerprint density at radius 3 is 2.81 bits per heavy atom. The van der Waals surface area contributed by atoms with Crippen LogP contribution in [0.3, 0.4) is 0 Å². The van der Waals surface area contributed by atoms with E-state index < -0.39 is 23.7 Å². The Kier molecular flexibility index (Phi) is 4.69. The zero-order valence-corrected chi connectivity index (χ0v) is 12.2. The van der Waals surface area contributed by atoms with Crippen LogP contribution in [0.15, 0.2) is 35.2 Å². The fourth-order valence-electron chi connectivity index (χ4n) is 1.76. The predicted octanol–water partition coefficient (Wildman–Crippen LogP) is 1.74. The van der Waals surface area contributed by atoms with Gasteiger partial charge in [-0.1, -0.05) is 6.07 Å². The molecule has 1 atom stereocenters. The maximum absolute atomic E-state index is 13.7. The number of rotatable bonds is 5. The highest BCUT2D eigenvalue weighted by atomic mass is 79.9. The van der Waals surface area contributed by atoms with Gasteiger partial charge in [0, 0.05) is 22.8 Å². The lowest BCUT2D eigenvalue weighted by Crippen LogP contribution is -2.42. The second kappa shape index (κ2) is 6.49. The van der Waals surface area contributed by atoms with Crippen LogP contribution in [0.4, 0.5) is 4.39 Å². The van der Waals surface area contributed by atoms with E-state index in [1.807, 2.05) is 0 Å². The van der Waals surface area contributed by atoms with E-state index in [0.717, 1.165) is 6.07 Å². The molecule has 0 aliphatic rings. The summed E-state index contributed by atoms with van der Waals surface area (Å²) in [5, 5.41) is 11.4. The van der Waals surface area contributed by atoms with Crippen molar-refractivity contribution in [2.45, 2.75) is 12.5 Å². The Morgan fingerprint density at radius 2 is 2.24 bits per heavy atom. The Morgan fingerprint density at radius 1 is 1.48 bits per heavy atom. The van der Waals surface area contributed by atoms with E-state index in [2.05, 4.69) is 31.2 Å². The molecule has 3 N–H and O–H groups in total. The second-order valence-electron chi connectivity index (χ2n) is 4.24. The summed E-state index contributed by atoms with van der Waals surface area (Å²) in [6.45, 7) is 0. The van der Waals surface area contributed by atoms with Crippen molar-refractivity contribution < 1.29 is 19.1 Å². The lowest BCUT2D eigenvalue weighted by Gasteiger charge is -2.14. The Balaban J connectivity index is 2.17. The third kappa shape index (κ3) is 3.66. The average Bonchev–Trinajstić information content (AvgIpc) is 2.90. The van der Waals surface area contributed by atoms with Gasteiger partial charge in [-0.3, -0.25) is 4.79 Å². The van der Waals surface area contributed by atoms with Crippen LogP contribution >= 0.6 is 15.9 Å². The third-order valence-corrected chi connectivity index (χ3v) is 3.43. The summed E-state index contributed by atoms with van der Waals surface area (Å²) in [7, 11) is 0. The molecule has 1 aromatic carbocycles. The molecule has 1 amide bonds. The first-order valence-electron chi connectivity index (χ1n) is 5.94. The molecular weight excluding hydrogens is 345 g/mol. The molecule has 2 rings (SSSR count). The van der Waals surface area contributed by atoms with Crippen LogP contribution < -0.4 is 5.32 Å². The van der Waals surface area contributed by atoms with Crippen molar-refractivity contribution in [2.75, 3.05) is 0 Å². The number of benzene rings is 1. The van der Waals surface area contributed by atoms with Gasteiger partial charge in [0.2, 0.25) is 0 Å². The molecule has 6 nitrogen and oxygen atoms in total. The maximum atomic E-state index is 13.7. The number of carbonyl (C=O) groups excluding carboxylic acids is 1. The summed E-state index contributed by atoms with van der Waals surface area (Å²) in [6, 6.07) is 2.88. The van der Waals surface area contributed by atoms with Crippen LogP contribution in [0.25, 0.3) is 0 Å². The number of aliphatic carboxylic acids is 1. The van der Waals surface area contributed by atoms with Crippen LogP contribution in [0.1, 0.15) is 16.1 Å². The highest BCUT2D eigenvalue weighted by molar-refractivity contribution is 9.10. The minimum absolute atomic E-state index is 0.0210. The minimum Gasteiger partial charge on any atom is -0.480 e. The number of carboxylic acid groups (broad SMARTS) is 1.